The Hall–Kier alpha value is -3.03. The van der Waals surface area contributed by atoms with Gasteiger partial charge in [-0.25, -0.2) is 8.42 Å². The van der Waals surface area contributed by atoms with Gasteiger partial charge in [0.1, 0.15) is 5.75 Å². The minimum atomic E-state index is -3.92. The van der Waals surface area contributed by atoms with Gasteiger partial charge in [-0.15, -0.1) is 0 Å². The van der Waals surface area contributed by atoms with Crippen LogP contribution in [0.15, 0.2) is 83.8 Å². The number of carbonyl (C=O) groups is 1. The van der Waals surface area contributed by atoms with Gasteiger partial charge in [0.05, 0.1) is 17.1 Å². The van der Waals surface area contributed by atoms with E-state index in [9.17, 15) is 13.2 Å². The van der Waals surface area contributed by atoms with Gasteiger partial charge in [0.2, 0.25) is 0 Å². The molecule has 0 radical (unpaired) electrons. The zero-order valence-electron chi connectivity index (χ0n) is 17.4. The fourth-order valence-corrected chi connectivity index (χ4v) is 5.23. The molecule has 1 heterocycles. The summed E-state index contributed by atoms with van der Waals surface area (Å²) in [6.07, 6.45) is -0.995. The Morgan fingerprint density at radius 2 is 1.75 bits per heavy atom. The third kappa shape index (κ3) is 4.59. The number of sulfonamides is 1. The second-order valence-electron chi connectivity index (χ2n) is 7.62. The average molecular weight is 471 g/mol. The van der Waals surface area contributed by atoms with Crippen LogP contribution in [0.1, 0.15) is 18.4 Å². The molecule has 3 aromatic rings. The van der Waals surface area contributed by atoms with Gasteiger partial charge in [0.25, 0.3) is 15.9 Å². The van der Waals surface area contributed by atoms with Crippen molar-refractivity contribution in [2.75, 3.05) is 17.4 Å². The van der Waals surface area contributed by atoms with Crippen molar-refractivity contribution in [2.45, 2.75) is 23.8 Å². The van der Waals surface area contributed by atoms with Crippen LogP contribution in [-0.2, 0) is 14.8 Å². The number of fused-ring (bicyclic) bond motifs is 1. The van der Waals surface area contributed by atoms with E-state index in [1.54, 1.807) is 30.3 Å². The summed E-state index contributed by atoms with van der Waals surface area (Å²) >= 11 is 6.12. The van der Waals surface area contributed by atoms with Gasteiger partial charge < -0.3 is 10.1 Å². The molecule has 166 valence electrons. The lowest BCUT2D eigenvalue weighted by atomic mass is 10.0. The van der Waals surface area contributed by atoms with Crippen molar-refractivity contribution >= 4 is 33.2 Å². The molecular formula is C24H23ClN2O4S. The molecule has 0 aromatic heterocycles. The van der Waals surface area contributed by atoms with E-state index >= 15 is 0 Å². The number of carbonyl (C=O) groups excluding carboxylic acids is 1. The van der Waals surface area contributed by atoms with Crippen LogP contribution in [0.5, 0.6) is 5.75 Å². The van der Waals surface area contributed by atoms with E-state index in [2.05, 4.69) is 5.32 Å². The quantitative estimate of drug-likeness (QED) is 0.585. The summed E-state index contributed by atoms with van der Waals surface area (Å²) in [4.78, 5) is 13.1. The van der Waals surface area contributed by atoms with Crippen LogP contribution in [0.4, 0.5) is 5.69 Å². The van der Waals surface area contributed by atoms with E-state index in [4.69, 9.17) is 16.3 Å². The lowest BCUT2D eigenvalue weighted by molar-refractivity contribution is -0.127. The molecule has 4 rings (SSSR count). The molecule has 0 aliphatic carbocycles. The molecular weight excluding hydrogens is 448 g/mol. The third-order valence-electron chi connectivity index (χ3n) is 5.37. The lowest BCUT2D eigenvalue weighted by Crippen LogP contribution is -2.51. The summed E-state index contributed by atoms with van der Waals surface area (Å²) < 4.78 is 33.8. The lowest BCUT2D eigenvalue weighted by Gasteiger charge is -2.35. The zero-order valence-corrected chi connectivity index (χ0v) is 19.0. The molecule has 0 spiro atoms. The molecule has 2 atom stereocenters. The normalized spacial score (nSPS) is 16.6. The van der Waals surface area contributed by atoms with Crippen molar-refractivity contribution in [3.05, 3.63) is 89.4 Å². The molecule has 1 N–H and O–H groups in total. The second-order valence-corrected chi connectivity index (χ2v) is 9.92. The first kappa shape index (κ1) is 22.2. The van der Waals surface area contributed by atoms with Crippen molar-refractivity contribution in [1.29, 1.82) is 0 Å². The smallest absolute Gasteiger partial charge is 0.264 e. The molecule has 8 heteroatoms. The van der Waals surface area contributed by atoms with E-state index in [-0.39, 0.29) is 29.0 Å². The Morgan fingerprint density at radius 1 is 1.09 bits per heavy atom. The van der Waals surface area contributed by atoms with Crippen molar-refractivity contribution in [1.82, 2.24) is 5.32 Å². The highest BCUT2D eigenvalue weighted by Gasteiger charge is 2.37. The van der Waals surface area contributed by atoms with Crippen molar-refractivity contribution in [2.24, 2.45) is 0 Å². The van der Waals surface area contributed by atoms with Gasteiger partial charge in [-0.2, -0.15) is 0 Å². The van der Waals surface area contributed by atoms with Gasteiger partial charge in [-0.1, -0.05) is 67.1 Å². The van der Waals surface area contributed by atoms with Gasteiger partial charge in [0, 0.05) is 11.6 Å². The monoisotopic (exact) mass is 470 g/mol. The van der Waals surface area contributed by atoms with E-state index in [0.29, 0.717) is 17.3 Å². The number of anilines is 1. The number of hydrogen-bond donors (Lipinski definition) is 1. The highest BCUT2D eigenvalue weighted by atomic mass is 35.5. The van der Waals surface area contributed by atoms with Crippen LogP contribution < -0.4 is 14.4 Å². The van der Waals surface area contributed by atoms with Crippen LogP contribution in [-0.4, -0.2) is 33.5 Å². The Labute approximate surface area is 192 Å². The standard InChI is InChI=1S/C24H23ClN2O4S/c1-17(18-8-4-2-5-9-18)15-26-24(28)23-16-27(21-14-19(25)12-13-22(21)31-23)32(29,30)20-10-6-3-7-11-20/h2-14,17,23H,15-16H2,1H3,(H,26,28)/t17-,23-/m0/s1. The molecule has 1 aliphatic heterocycles. The zero-order chi connectivity index (χ0) is 22.7. The molecule has 0 bridgehead atoms. The highest BCUT2D eigenvalue weighted by molar-refractivity contribution is 7.92. The maximum Gasteiger partial charge on any atom is 0.264 e. The van der Waals surface area contributed by atoms with Crippen LogP contribution in [0.25, 0.3) is 0 Å². The molecule has 6 nitrogen and oxygen atoms in total. The Balaban J connectivity index is 1.57. The minimum absolute atomic E-state index is 0.0963. The van der Waals surface area contributed by atoms with Crippen LogP contribution >= 0.6 is 11.6 Å². The molecule has 0 unspecified atom stereocenters. The van der Waals surface area contributed by atoms with Gasteiger partial charge in [-0.3, -0.25) is 9.10 Å². The second kappa shape index (κ2) is 9.22. The number of nitrogens with zero attached hydrogens (tertiary/aromatic N) is 1. The number of halogens is 1. The predicted molar refractivity (Wildman–Crippen MR) is 125 cm³/mol. The Bertz CT molecular complexity index is 1200. The van der Waals surface area contributed by atoms with Crippen molar-refractivity contribution < 1.29 is 17.9 Å². The van der Waals surface area contributed by atoms with Crippen LogP contribution in [0, 0.1) is 0 Å². The van der Waals surface area contributed by atoms with E-state index in [1.807, 2.05) is 37.3 Å². The topological polar surface area (TPSA) is 75.7 Å². The highest BCUT2D eigenvalue weighted by Crippen LogP contribution is 2.38. The van der Waals surface area contributed by atoms with E-state index < -0.39 is 16.1 Å². The first-order valence-corrected chi connectivity index (χ1v) is 12.0. The summed E-state index contributed by atoms with van der Waals surface area (Å²) in [5.74, 6) is 0.0112. The Kier molecular flexibility index (Phi) is 6.39. The number of benzene rings is 3. The van der Waals surface area contributed by atoms with Gasteiger partial charge in [0.15, 0.2) is 6.10 Å². The fourth-order valence-electron chi connectivity index (χ4n) is 3.58. The molecule has 0 fully saturated rings. The number of ether oxygens (including phenoxy) is 1. The summed E-state index contributed by atoms with van der Waals surface area (Å²) in [5, 5.41) is 3.27. The Morgan fingerprint density at radius 3 is 2.44 bits per heavy atom. The number of hydrogen-bond acceptors (Lipinski definition) is 4. The third-order valence-corrected chi connectivity index (χ3v) is 7.39. The van der Waals surface area contributed by atoms with Crippen molar-refractivity contribution in [3.8, 4) is 5.75 Å². The molecule has 1 aliphatic rings. The number of amides is 1. The van der Waals surface area contributed by atoms with Crippen LogP contribution in [0.3, 0.4) is 0 Å². The van der Waals surface area contributed by atoms with E-state index in [1.165, 1.54) is 22.5 Å². The van der Waals surface area contributed by atoms with Crippen LogP contribution in [0.2, 0.25) is 5.02 Å². The molecule has 0 saturated carbocycles. The summed E-state index contributed by atoms with van der Waals surface area (Å²) in [6.45, 7) is 2.26. The maximum atomic E-state index is 13.4. The molecule has 32 heavy (non-hydrogen) atoms. The number of nitrogens with one attached hydrogen (secondary N) is 1. The van der Waals surface area contributed by atoms with Gasteiger partial charge >= 0.3 is 0 Å². The van der Waals surface area contributed by atoms with E-state index in [0.717, 1.165) is 5.56 Å². The summed E-state index contributed by atoms with van der Waals surface area (Å²) in [6, 6.07) is 22.7. The molecule has 0 saturated heterocycles. The molecule has 1 amide bonds. The summed E-state index contributed by atoms with van der Waals surface area (Å²) in [5.41, 5.74) is 1.41. The first-order chi connectivity index (χ1) is 15.4. The molecule has 3 aromatic carbocycles. The average Bonchev–Trinajstić information content (AvgIpc) is 2.82. The number of rotatable bonds is 6. The SMILES string of the molecule is C[C@@H](CNC(=O)[C@@H]1CN(S(=O)(=O)c2ccccc2)c2cc(Cl)ccc2O1)c1ccccc1. The first-order valence-electron chi connectivity index (χ1n) is 10.2. The largest absolute Gasteiger partial charge is 0.476 e. The van der Waals surface area contributed by atoms with Gasteiger partial charge in [-0.05, 0) is 41.8 Å². The summed E-state index contributed by atoms with van der Waals surface area (Å²) in [7, 11) is -3.92. The minimum Gasteiger partial charge on any atom is -0.476 e. The maximum absolute atomic E-state index is 13.4. The predicted octanol–water partition coefficient (Wildman–Crippen LogP) is 4.22. The fraction of sp³-hybridized carbons (Fsp3) is 0.208. The van der Waals surface area contributed by atoms with Crippen molar-refractivity contribution in [3.63, 3.8) is 0 Å².